The first-order chi connectivity index (χ1) is 8.73. The van der Waals surface area contributed by atoms with Crippen molar-refractivity contribution in [3.8, 4) is 0 Å². The predicted molar refractivity (Wildman–Crippen MR) is 67.2 cm³/mol. The van der Waals surface area contributed by atoms with E-state index in [0.29, 0.717) is 17.7 Å². The molecule has 4 nitrogen and oxygen atoms in total. The third-order valence-electron chi connectivity index (χ3n) is 4.70. The monoisotopic (exact) mass is 253 g/mol. The van der Waals surface area contributed by atoms with Crippen LogP contribution in [0, 0.1) is 11.8 Å². The van der Waals surface area contributed by atoms with Gasteiger partial charge in [0.15, 0.2) is 0 Å². The molecule has 2 heterocycles. The van der Waals surface area contributed by atoms with E-state index in [1.807, 2.05) is 4.90 Å². The number of nitrogens with zero attached hydrogens (tertiary/aromatic N) is 1. The van der Waals surface area contributed by atoms with E-state index in [9.17, 15) is 4.79 Å². The van der Waals surface area contributed by atoms with Gasteiger partial charge in [-0.3, -0.25) is 4.79 Å². The molecule has 3 aliphatic rings. The molecule has 1 atom stereocenters. The second kappa shape index (κ2) is 4.82. The lowest BCUT2D eigenvalue weighted by Gasteiger charge is -2.50. The topological polar surface area (TPSA) is 38.8 Å². The minimum Gasteiger partial charge on any atom is -0.385 e. The quantitative estimate of drug-likeness (QED) is 0.744. The van der Waals surface area contributed by atoms with E-state index in [1.54, 1.807) is 7.11 Å². The van der Waals surface area contributed by atoms with E-state index < -0.39 is 0 Å². The van der Waals surface area contributed by atoms with Gasteiger partial charge in [0.1, 0.15) is 5.60 Å². The van der Waals surface area contributed by atoms with Crippen molar-refractivity contribution in [3.63, 3.8) is 0 Å². The molecule has 0 aromatic rings. The number of methoxy groups -OCH3 is 1. The van der Waals surface area contributed by atoms with Gasteiger partial charge in [-0.25, -0.2) is 0 Å². The van der Waals surface area contributed by atoms with Crippen LogP contribution in [-0.4, -0.2) is 49.8 Å². The van der Waals surface area contributed by atoms with E-state index in [0.717, 1.165) is 45.6 Å². The summed E-state index contributed by atoms with van der Waals surface area (Å²) in [4.78, 5) is 14.0. The number of hydrogen-bond acceptors (Lipinski definition) is 3. The maximum Gasteiger partial charge on any atom is 0.223 e. The average Bonchev–Trinajstić information content (AvgIpc) is 3.01. The van der Waals surface area contributed by atoms with Crippen LogP contribution in [0.1, 0.15) is 32.1 Å². The Hall–Kier alpha value is -0.610. The summed E-state index contributed by atoms with van der Waals surface area (Å²) in [5.74, 6) is 1.59. The Balaban J connectivity index is 1.50. The largest absolute Gasteiger partial charge is 0.385 e. The van der Waals surface area contributed by atoms with Gasteiger partial charge in [-0.1, -0.05) is 0 Å². The van der Waals surface area contributed by atoms with Gasteiger partial charge in [-0.2, -0.15) is 0 Å². The smallest absolute Gasteiger partial charge is 0.223 e. The Morgan fingerprint density at radius 1 is 1.39 bits per heavy atom. The first kappa shape index (κ1) is 12.4. The van der Waals surface area contributed by atoms with Crippen molar-refractivity contribution in [2.75, 3.05) is 33.4 Å². The van der Waals surface area contributed by atoms with Gasteiger partial charge in [0.25, 0.3) is 0 Å². The fraction of sp³-hybridized carbons (Fsp3) is 0.929. The summed E-state index contributed by atoms with van der Waals surface area (Å²) in [7, 11) is 1.74. The number of carbonyl (C=O) groups is 1. The van der Waals surface area contributed by atoms with Gasteiger partial charge < -0.3 is 14.4 Å². The Kier molecular flexibility index (Phi) is 3.32. The standard InChI is InChI=1S/C14H23NO3/c1-17-6-4-12-5-7-18-14(12)9-15(10-14)13(16)8-11-2-3-11/h11-12H,2-10H2,1H3/t12-/m0/s1. The number of hydrogen-bond donors (Lipinski definition) is 0. The summed E-state index contributed by atoms with van der Waals surface area (Å²) in [6.07, 6.45) is 5.43. The molecule has 0 bridgehead atoms. The van der Waals surface area contributed by atoms with Crippen molar-refractivity contribution in [2.24, 2.45) is 11.8 Å². The fourth-order valence-electron chi connectivity index (χ4n) is 3.28. The molecule has 0 radical (unpaired) electrons. The molecule has 102 valence electrons. The van der Waals surface area contributed by atoms with Crippen LogP contribution in [0.15, 0.2) is 0 Å². The zero-order chi connectivity index (χ0) is 12.6. The molecule has 1 amide bonds. The lowest BCUT2D eigenvalue weighted by atomic mass is 9.79. The third kappa shape index (κ3) is 2.28. The molecule has 0 unspecified atom stereocenters. The highest BCUT2D eigenvalue weighted by Crippen LogP contribution is 2.42. The highest BCUT2D eigenvalue weighted by atomic mass is 16.5. The molecule has 1 spiro atoms. The Bertz CT molecular complexity index is 321. The van der Waals surface area contributed by atoms with E-state index in [4.69, 9.17) is 9.47 Å². The summed E-state index contributed by atoms with van der Waals surface area (Å²) in [5.41, 5.74) is -0.0300. The molecule has 3 fully saturated rings. The van der Waals surface area contributed by atoms with E-state index in [2.05, 4.69) is 0 Å². The van der Waals surface area contributed by atoms with Crippen LogP contribution in [0.5, 0.6) is 0 Å². The number of carbonyl (C=O) groups excluding carboxylic acids is 1. The summed E-state index contributed by atoms with van der Waals surface area (Å²) < 4.78 is 11.1. The Morgan fingerprint density at radius 2 is 2.17 bits per heavy atom. The van der Waals surface area contributed by atoms with Crippen LogP contribution in [0.25, 0.3) is 0 Å². The predicted octanol–water partition coefficient (Wildman–Crippen LogP) is 1.44. The normalized spacial score (nSPS) is 29.6. The molecule has 0 N–H and O–H groups in total. The average molecular weight is 253 g/mol. The second-order valence-electron chi connectivity index (χ2n) is 6.08. The lowest BCUT2D eigenvalue weighted by molar-refractivity contribution is -0.166. The molecular weight excluding hydrogens is 230 g/mol. The van der Waals surface area contributed by atoms with Gasteiger partial charge in [0.2, 0.25) is 5.91 Å². The summed E-state index contributed by atoms with van der Waals surface area (Å²) >= 11 is 0. The summed E-state index contributed by atoms with van der Waals surface area (Å²) in [6.45, 7) is 3.27. The Labute approximate surface area is 109 Å². The minimum absolute atomic E-state index is 0.0300. The summed E-state index contributed by atoms with van der Waals surface area (Å²) in [6, 6.07) is 0. The van der Waals surface area contributed by atoms with Crippen molar-refractivity contribution in [2.45, 2.75) is 37.7 Å². The van der Waals surface area contributed by atoms with E-state index >= 15 is 0 Å². The highest BCUT2D eigenvalue weighted by molar-refractivity contribution is 5.78. The van der Waals surface area contributed by atoms with Crippen LogP contribution >= 0.6 is 0 Å². The number of ether oxygens (including phenoxy) is 2. The van der Waals surface area contributed by atoms with Crippen LogP contribution < -0.4 is 0 Å². The SMILES string of the molecule is COCC[C@H]1CCOC12CN(C(=O)CC1CC1)C2. The van der Waals surface area contributed by atoms with Crippen LogP contribution in [-0.2, 0) is 14.3 Å². The van der Waals surface area contributed by atoms with Gasteiger partial charge in [-0.15, -0.1) is 0 Å². The molecule has 2 saturated heterocycles. The van der Waals surface area contributed by atoms with Crippen LogP contribution in [0.4, 0.5) is 0 Å². The summed E-state index contributed by atoms with van der Waals surface area (Å²) in [5, 5.41) is 0. The lowest BCUT2D eigenvalue weighted by Crippen LogP contribution is -2.66. The van der Waals surface area contributed by atoms with E-state index in [1.165, 1.54) is 12.8 Å². The molecule has 1 aliphatic carbocycles. The van der Waals surface area contributed by atoms with Gasteiger partial charge in [-0.05, 0) is 37.5 Å². The fourth-order valence-corrected chi connectivity index (χ4v) is 3.28. The highest BCUT2D eigenvalue weighted by Gasteiger charge is 2.54. The van der Waals surface area contributed by atoms with E-state index in [-0.39, 0.29) is 5.60 Å². The number of rotatable bonds is 5. The number of likely N-dealkylation sites (tertiary alicyclic amines) is 1. The van der Waals surface area contributed by atoms with Crippen molar-refractivity contribution < 1.29 is 14.3 Å². The van der Waals surface area contributed by atoms with Crippen LogP contribution in [0.3, 0.4) is 0 Å². The first-order valence-electron chi connectivity index (χ1n) is 7.14. The first-order valence-corrected chi connectivity index (χ1v) is 7.14. The van der Waals surface area contributed by atoms with Crippen LogP contribution in [0.2, 0.25) is 0 Å². The molecule has 0 aromatic heterocycles. The second-order valence-corrected chi connectivity index (χ2v) is 6.08. The molecular formula is C14H23NO3. The molecule has 3 rings (SSSR count). The minimum atomic E-state index is -0.0300. The van der Waals surface area contributed by atoms with Crippen molar-refractivity contribution >= 4 is 5.91 Å². The number of amides is 1. The Morgan fingerprint density at radius 3 is 2.83 bits per heavy atom. The molecule has 1 saturated carbocycles. The maximum absolute atomic E-state index is 12.0. The maximum atomic E-state index is 12.0. The molecule has 18 heavy (non-hydrogen) atoms. The third-order valence-corrected chi connectivity index (χ3v) is 4.70. The van der Waals surface area contributed by atoms with Gasteiger partial charge >= 0.3 is 0 Å². The zero-order valence-corrected chi connectivity index (χ0v) is 11.2. The van der Waals surface area contributed by atoms with Crippen molar-refractivity contribution in [3.05, 3.63) is 0 Å². The molecule has 4 heteroatoms. The van der Waals surface area contributed by atoms with Crippen molar-refractivity contribution in [1.29, 1.82) is 0 Å². The molecule has 0 aromatic carbocycles. The van der Waals surface area contributed by atoms with Gasteiger partial charge in [0, 0.05) is 26.7 Å². The van der Waals surface area contributed by atoms with Crippen molar-refractivity contribution in [1.82, 2.24) is 4.90 Å². The zero-order valence-electron chi connectivity index (χ0n) is 11.2. The van der Waals surface area contributed by atoms with Gasteiger partial charge in [0.05, 0.1) is 13.1 Å². The molecule has 2 aliphatic heterocycles.